The predicted octanol–water partition coefficient (Wildman–Crippen LogP) is -0.216. The molecule has 0 saturated carbocycles. The molecular formula is C12H17N3O4S. The molecule has 7 nitrogen and oxygen atoms in total. The first-order chi connectivity index (χ1) is 9.29. The molecule has 1 aromatic carbocycles. The van der Waals surface area contributed by atoms with E-state index in [4.69, 9.17) is 5.14 Å². The Morgan fingerprint density at radius 2 is 1.85 bits per heavy atom. The average Bonchev–Trinajstić information content (AvgIpc) is 2.38. The van der Waals surface area contributed by atoms with Crippen molar-refractivity contribution in [3.8, 4) is 0 Å². The van der Waals surface area contributed by atoms with Gasteiger partial charge in [-0.25, -0.2) is 18.4 Å². The number of anilines is 1. The number of carboxylic acids is 1. The van der Waals surface area contributed by atoms with Crippen LogP contribution < -0.4 is 10.0 Å². The topological polar surface area (TPSA) is 104 Å². The van der Waals surface area contributed by atoms with Crippen LogP contribution >= 0.6 is 0 Å². The zero-order chi connectivity index (χ0) is 14.9. The quantitative estimate of drug-likeness (QED) is 0.800. The maximum atomic E-state index is 11.3. The van der Waals surface area contributed by atoms with E-state index < -0.39 is 16.0 Å². The van der Waals surface area contributed by atoms with Gasteiger partial charge in [0, 0.05) is 26.2 Å². The Morgan fingerprint density at radius 3 is 2.35 bits per heavy atom. The summed E-state index contributed by atoms with van der Waals surface area (Å²) in [5, 5.41) is 14.3. The summed E-state index contributed by atoms with van der Waals surface area (Å²) in [6.07, 6.45) is 0. The molecule has 0 aromatic heterocycles. The van der Waals surface area contributed by atoms with Gasteiger partial charge in [0.1, 0.15) is 0 Å². The van der Waals surface area contributed by atoms with Crippen molar-refractivity contribution in [2.45, 2.75) is 4.90 Å². The molecule has 3 N–H and O–H groups in total. The number of primary sulfonamides is 1. The monoisotopic (exact) mass is 299 g/mol. The van der Waals surface area contributed by atoms with Gasteiger partial charge >= 0.3 is 5.97 Å². The molecule has 0 amide bonds. The number of hydrogen-bond acceptors (Lipinski definition) is 5. The van der Waals surface area contributed by atoms with Crippen LogP contribution in [0.15, 0.2) is 23.1 Å². The summed E-state index contributed by atoms with van der Waals surface area (Å²) < 4.78 is 22.6. The van der Waals surface area contributed by atoms with Gasteiger partial charge in [0.05, 0.1) is 16.1 Å². The lowest BCUT2D eigenvalue weighted by Gasteiger charge is -2.34. The largest absolute Gasteiger partial charge is 0.478 e. The Kier molecular flexibility index (Phi) is 3.98. The standard InChI is InChI=1S/C12H17N3O4S/c1-14-4-6-15(7-5-14)11-3-2-9(20(13,18)19)8-10(11)12(16)17/h2-3,8H,4-7H2,1H3,(H,16,17)(H2,13,18,19). The Morgan fingerprint density at radius 1 is 1.25 bits per heavy atom. The van der Waals surface area contributed by atoms with Crippen molar-refractivity contribution in [3.63, 3.8) is 0 Å². The molecule has 8 heteroatoms. The highest BCUT2D eigenvalue weighted by Gasteiger charge is 2.22. The average molecular weight is 299 g/mol. The van der Waals surface area contributed by atoms with Crippen molar-refractivity contribution in [2.24, 2.45) is 5.14 Å². The first kappa shape index (κ1) is 14.8. The molecule has 0 atom stereocenters. The third kappa shape index (κ3) is 3.09. The van der Waals surface area contributed by atoms with E-state index in [-0.39, 0.29) is 10.5 Å². The number of rotatable bonds is 3. The van der Waals surface area contributed by atoms with E-state index in [1.165, 1.54) is 12.1 Å². The zero-order valence-corrected chi connectivity index (χ0v) is 11.9. The summed E-state index contributed by atoms with van der Waals surface area (Å²) in [5.41, 5.74) is 0.485. The minimum atomic E-state index is -3.91. The first-order valence-corrected chi connectivity index (χ1v) is 7.67. The molecule has 0 spiro atoms. The van der Waals surface area contributed by atoms with Crippen LogP contribution in [0.25, 0.3) is 0 Å². The molecule has 1 aromatic rings. The number of nitrogens with zero attached hydrogens (tertiary/aromatic N) is 2. The maximum absolute atomic E-state index is 11.3. The van der Waals surface area contributed by atoms with E-state index in [9.17, 15) is 18.3 Å². The summed E-state index contributed by atoms with van der Waals surface area (Å²) in [4.78, 5) is 15.2. The minimum absolute atomic E-state index is 0.0407. The summed E-state index contributed by atoms with van der Waals surface area (Å²) >= 11 is 0. The number of sulfonamides is 1. The number of carbonyl (C=O) groups is 1. The van der Waals surface area contributed by atoms with E-state index >= 15 is 0 Å². The van der Waals surface area contributed by atoms with Crippen LogP contribution in [0.5, 0.6) is 0 Å². The van der Waals surface area contributed by atoms with E-state index in [0.717, 1.165) is 19.2 Å². The molecular weight excluding hydrogens is 282 g/mol. The summed E-state index contributed by atoms with van der Waals surface area (Å²) in [6.45, 7) is 3.06. The number of benzene rings is 1. The molecule has 1 aliphatic rings. The van der Waals surface area contributed by atoms with Crippen molar-refractivity contribution >= 4 is 21.7 Å². The van der Waals surface area contributed by atoms with Crippen LogP contribution in [0, 0.1) is 0 Å². The summed E-state index contributed by atoms with van der Waals surface area (Å²) in [5.74, 6) is -1.16. The molecule has 110 valence electrons. The van der Waals surface area contributed by atoms with Crippen molar-refractivity contribution in [1.82, 2.24) is 4.90 Å². The van der Waals surface area contributed by atoms with Gasteiger partial charge in [-0.05, 0) is 25.2 Å². The molecule has 0 bridgehead atoms. The number of piperazine rings is 1. The van der Waals surface area contributed by atoms with Crippen LogP contribution in [0.3, 0.4) is 0 Å². The second-order valence-electron chi connectivity index (χ2n) is 4.82. The highest BCUT2D eigenvalue weighted by molar-refractivity contribution is 7.89. The number of hydrogen-bond donors (Lipinski definition) is 2. The Hall–Kier alpha value is -1.64. The Labute approximate surface area is 117 Å². The van der Waals surface area contributed by atoms with Crippen LogP contribution in [-0.4, -0.2) is 57.6 Å². The van der Waals surface area contributed by atoms with E-state index in [1.54, 1.807) is 0 Å². The van der Waals surface area contributed by atoms with E-state index in [1.807, 2.05) is 11.9 Å². The van der Waals surface area contributed by atoms with Crippen molar-refractivity contribution in [3.05, 3.63) is 23.8 Å². The van der Waals surface area contributed by atoms with Gasteiger partial charge in [0.15, 0.2) is 0 Å². The highest BCUT2D eigenvalue weighted by atomic mass is 32.2. The molecule has 2 rings (SSSR count). The Balaban J connectivity index is 2.41. The highest BCUT2D eigenvalue weighted by Crippen LogP contribution is 2.24. The fourth-order valence-electron chi connectivity index (χ4n) is 2.19. The smallest absolute Gasteiger partial charge is 0.337 e. The van der Waals surface area contributed by atoms with Crippen molar-refractivity contribution in [1.29, 1.82) is 0 Å². The fourth-order valence-corrected chi connectivity index (χ4v) is 2.73. The first-order valence-electron chi connectivity index (χ1n) is 6.12. The third-order valence-corrected chi connectivity index (χ3v) is 4.28. The molecule has 0 unspecified atom stereocenters. The normalized spacial score (nSPS) is 17.2. The van der Waals surface area contributed by atoms with Crippen LogP contribution in [-0.2, 0) is 10.0 Å². The van der Waals surface area contributed by atoms with Crippen LogP contribution in [0.1, 0.15) is 10.4 Å². The molecule has 1 saturated heterocycles. The lowest BCUT2D eigenvalue weighted by Crippen LogP contribution is -2.45. The lowest BCUT2D eigenvalue weighted by atomic mass is 10.1. The van der Waals surface area contributed by atoms with Crippen LogP contribution in [0.4, 0.5) is 5.69 Å². The molecule has 0 radical (unpaired) electrons. The SMILES string of the molecule is CN1CCN(c2ccc(S(N)(=O)=O)cc2C(=O)O)CC1. The molecule has 1 fully saturated rings. The van der Waals surface area contributed by atoms with Crippen LogP contribution in [0.2, 0.25) is 0 Å². The summed E-state index contributed by atoms with van der Waals surface area (Å²) in [6, 6.07) is 3.97. The van der Waals surface area contributed by atoms with Gasteiger partial charge < -0.3 is 14.9 Å². The van der Waals surface area contributed by atoms with E-state index in [0.29, 0.717) is 18.8 Å². The maximum Gasteiger partial charge on any atom is 0.337 e. The van der Waals surface area contributed by atoms with E-state index in [2.05, 4.69) is 4.90 Å². The third-order valence-electron chi connectivity index (χ3n) is 3.37. The minimum Gasteiger partial charge on any atom is -0.478 e. The zero-order valence-electron chi connectivity index (χ0n) is 11.1. The molecule has 1 aliphatic heterocycles. The second-order valence-corrected chi connectivity index (χ2v) is 6.38. The Bertz CT molecular complexity index is 622. The lowest BCUT2D eigenvalue weighted by molar-refractivity contribution is 0.0697. The number of nitrogens with two attached hydrogens (primary N) is 1. The number of likely N-dealkylation sites (N-methyl/N-ethyl adjacent to an activating group) is 1. The van der Waals surface area contributed by atoms with Crippen molar-refractivity contribution in [2.75, 3.05) is 38.1 Å². The van der Waals surface area contributed by atoms with Gasteiger partial charge in [-0.1, -0.05) is 0 Å². The predicted molar refractivity (Wildman–Crippen MR) is 74.5 cm³/mol. The van der Waals surface area contributed by atoms with Gasteiger partial charge in [-0.3, -0.25) is 0 Å². The van der Waals surface area contributed by atoms with Crippen molar-refractivity contribution < 1.29 is 18.3 Å². The number of carboxylic acid groups (broad SMARTS) is 1. The van der Waals surface area contributed by atoms with Gasteiger partial charge in [-0.2, -0.15) is 0 Å². The summed E-state index contributed by atoms with van der Waals surface area (Å²) in [7, 11) is -1.91. The van der Waals surface area contributed by atoms with Gasteiger partial charge in [0.25, 0.3) is 0 Å². The molecule has 1 heterocycles. The molecule has 0 aliphatic carbocycles. The van der Waals surface area contributed by atoms with Gasteiger partial charge in [-0.15, -0.1) is 0 Å². The second kappa shape index (κ2) is 5.39. The number of aromatic carboxylic acids is 1. The fraction of sp³-hybridized carbons (Fsp3) is 0.417. The molecule has 20 heavy (non-hydrogen) atoms. The van der Waals surface area contributed by atoms with Gasteiger partial charge in [0.2, 0.25) is 10.0 Å².